The summed E-state index contributed by atoms with van der Waals surface area (Å²) in [5, 5.41) is 0. The van der Waals surface area contributed by atoms with Crippen molar-refractivity contribution in [2.24, 2.45) is 5.92 Å². The average molecular weight is 251 g/mol. The van der Waals surface area contributed by atoms with E-state index in [1.54, 1.807) is 6.07 Å². The van der Waals surface area contributed by atoms with Crippen molar-refractivity contribution < 1.29 is 19.1 Å². The Morgan fingerprint density at radius 3 is 2.89 bits per heavy atom. The Balaban J connectivity index is 2.18. The monoisotopic (exact) mass is 251 g/mol. The van der Waals surface area contributed by atoms with Crippen molar-refractivity contribution in [2.75, 3.05) is 25.7 Å². The molecule has 18 heavy (non-hydrogen) atoms. The first kappa shape index (κ1) is 12.3. The number of carbonyl (C=O) groups is 2. The molecule has 2 rings (SSSR count). The molecule has 96 valence electrons. The lowest BCUT2D eigenvalue weighted by atomic mass is 10.1. The quantitative estimate of drug-likeness (QED) is 0.704. The topological polar surface area (TPSA) is 81.6 Å². The van der Waals surface area contributed by atoms with Crippen molar-refractivity contribution >= 4 is 17.7 Å². The van der Waals surface area contributed by atoms with Crippen molar-refractivity contribution in [1.29, 1.82) is 0 Å². The minimum atomic E-state index is -0.441. The third kappa shape index (κ3) is 2.24. The molecule has 0 spiro atoms. The summed E-state index contributed by atoms with van der Waals surface area (Å²) in [6.45, 7) is 0.270. The SMILES string of the molecule is COC(=O)C1CC(=O)N(c2cc(OC)ncn2)C1. The van der Waals surface area contributed by atoms with Crippen molar-refractivity contribution in [2.45, 2.75) is 6.42 Å². The van der Waals surface area contributed by atoms with Gasteiger partial charge in [-0.3, -0.25) is 14.5 Å². The summed E-state index contributed by atoms with van der Waals surface area (Å²) >= 11 is 0. The second-order valence-corrected chi connectivity index (χ2v) is 3.85. The van der Waals surface area contributed by atoms with Crippen LogP contribution in [-0.2, 0) is 14.3 Å². The van der Waals surface area contributed by atoms with Crippen LogP contribution < -0.4 is 9.64 Å². The van der Waals surface area contributed by atoms with Crippen LogP contribution in [0.3, 0.4) is 0 Å². The second-order valence-electron chi connectivity index (χ2n) is 3.85. The van der Waals surface area contributed by atoms with E-state index in [4.69, 9.17) is 4.74 Å². The van der Waals surface area contributed by atoms with Gasteiger partial charge in [0.05, 0.1) is 20.1 Å². The molecule has 0 aliphatic carbocycles. The molecule has 7 heteroatoms. The predicted octanol–water partition coefficient (Wildman–Crippen LogP) is 0.0111. The molecule has 1 unspecified atom stereocenters. The van der Waals surface area contributed by atoms with Gasteiger partial charge in [-0.05, 0) is 0 Å². The van der Waals surface area contributed by atoms with E-state index in [1.165, 1.54) is 25.4 Å². The fourth-order valence-corrected chi connectivity index (χ4v) is 1.84. The van der Waals surface area contributed by atoms with Crippen molar-refractivity contribution in [1.82, 2.24) is 9.97 Å². The van der Waals surface area contributed by atoms with Gasteiger partial charge in [-0.25, -0.2) is 9.97 Å². The zero-order valence-electron chi connectivity index (χ0n) is 10.1. The normalized spacial score (nSPS) is 18.9. The minimum Gasteiger partial charge on any atom is -0.481 e. The van der Waals surface area contributed by atoms with Crippen LogP contribution in [-0.4, -0.2) is 42.6 Å². The van der Waals surface area contributed by atoms with E-state index in [9.17, 15) is 9.59 Å². The maximum Gasteiger partial charge on any atom is 0.311 e. The highest BCUT2D eigenvalue weighted by molar-refractivity contribution is 5.98. The van der Waals surface area contributed by atoms with Gasteiger partial charge < -0.3 is 9.47 Å². The lowest BCUT2D eigenvalue weighted by Crippen LogP contribution is -2.27. The smallest absolute Gasteiger partial charge is 0.311 e. The molecular formula is C11H13N3O4. The van der Waals surface area contributed by atoms with Crippen LogP contribution >= 0.6 is 0 Å². The van der Waals surface area contributed by atoms with Gasteiger partial charge in [0.25, 0.3) is 0 Å². The van der Waals surface area contributed by atoms with Gasteiger partial charge in [-0.15, -0.1) is 0 Å². The number of esters is 1. The molecule has 1 atom stereocenters. The molecule has 2 heterocycles. The van der Waals surface area contributed by atoms with E-state index in [-0.39, 0.29) is 24.8 Å². The number of ether oxygens (including phenoxy) is 2. The largest absolute Gasteiger partial charge is 0.481 e. The van der Waals surface area contributed by atoms with Crippen LogP contribution in [0.15, 0.2) is 12.4 Å². The number of methoxy groups -OCH3 is 2. The Kier molecular flexibility index (Phi) is 3.40. The fourth-order valence-electron chi connectivity index (χ4n) is 1.84. The minimum absolute atomic E-state index is 0.138. The summed E-state index contributed by atoms with van der Waals surface area (Å²) in [5.74, 6) is -0.186. The van der Waals surface area contributed by atoms with Crippen LogP contribution in [0, 0.1) is 5.92 Å². The first-order valence-electron chi connectivity index (χ1n) is 5.40. The first-order valence-corrected chi connectivity index (χ1v) is 5.40. The van der Waals surface area contributed by atoms with Gasteiger partial charge in [0, 0.05) is 19.0 Å². The fraction of sp³-hybridized carbons (Fsp3) is 0.455. The number of aromatic nitrogens is 2. The molecule has 7 nitrogen and oxygen atoms in total. The Bertz CT molecular complexity index is 477. The number of amides is 1. The average Bonchev–Trinajstić information content (AvgIpc) is 2.80. The van der Waals surface area contributed by atoms with Gasteiger partial charge in [-0.1, -0.05) is 0 Å². The molecule has 0 saturated carbocycles. The van der Waals surface area contributed by atoms with Gasteiger partial charge in [-0.2, -0.15) is 0 Å². The number of carbonyl (C=O) groups excluding carboxylic acids is 2. The highest BCUT2D eigenvalue weighted by Crippen LogP contribution is 2.25. The molecule has 1 amide bonds. The van der Waals surface area contributed by atoms with E-state index in [0.717, 1.165) is 0 Å². The highest BCUT2D eigenvalue weighted by Gasteiger charge is 2.36. The van der Waals surface area contributed by atoms with E-state index < -0.39 is 5.92 Å². The number of rotatable bonds is 3. The van der Waals surface area contributed by atoms with Crippen LogP contribution in [0.25, 0.3) is 0 Å². The van der Waals surface area contributed by atoms with E-state index >= 15 is 0 Å². The first-order chi connectivity index (χ1) is 8.65. The maximum absolute atomic E-state index is 11.8. The third-order valence-corrected chi connectivity index (χ3v) is 2.77. The third-order valence-electron chi connectivity index (χ3n) is 2.77. The Morgan fingerprint density at radius 1 is 1.44 bits per heavy atom. The zero-order chi connectivity index (χ0) is 13.1. The molecule has 1 aromatic heterocycles. The van der Waals surface area contributed by atoms with Gasteiger partial charge in [0.15, 0.2) is 0 Å². The molecule has 1 aliphatic heterocycles. The Morgan fingerprint density at radius 2 is 2.22 bits per heavy atom. The molecular weight excluding hydrogens is 238 g/mol. The highest BCUT2D eigenvalue weighted by atomic mass is 16.5. The van der Waals surface area contributed by atoms with Gasteiger partial charge >= 0.3 is 5.97 Å². The van der Waals surface area contributed by atoms with E-state index in [1.807, 2.05) is 0 Å². The second kappa shape index (κ2) is 4.99. The van der Waals surface area contributed by atoms with E-state index in [0.29, 0.717) is 11.7 Å². The summed E-state index contributed by atoms with van der Waals surface area (Å²) in [7, 11) is 2.79. The zero-order valence-corrected chi connectivity index (χ0v) is 10.1. The lowest BCUT2D eigenvalue weighted by Gasteiger charge is -2.15. The maximum atomic E-state index is 11.8. The Labute approximate surface area is 104 Å². The van der Waals surface area contributed by atoms with Gasteiger partial charge in [0.1, 0.15) is 12.1 Å². The van der Waals surface area contributed by atoms with Crippen LogP contribution in [0.5, 0.6) is 5.88 Å². The van der Waals surface area contributed by atoms with Crippen LogP contribution in [0.1, 0.15) is 6.42 Å². The molecule has 1 fully saturated rings. The van der Waals surface area contributed by atoms with Crippen molar-refractivity contribution in [3.63, 3.8) is 0 Å². The summed E-state index contributed by atoms with van der Waals surface area (Å²) in [6.07, 6.45) is 1.45. The Hall–Kier alpha value is -2.18. The van der Waals surface area contributed by atoms with Crippen molar-refractivity contribution in [3.8, 4) is 5.88 Å². The molecule has 0 N–H and O–H groups in total. The van der Waals surface area contributed by atoms with Crippen LogP contribution in [0.2, 0.25) is 0 Å². The number of hydrogen-bond donors (Lipinski definition) is 0. The molecule has 1 aliphatic rings. The number of nitrogens with zero attached hydrogens (tertiary/aromatic N) is 3. The lowest BCUT2D eigenvalue weighted by molar-refractivity contribution is -0.145. The van der Waals surface area contributed by atoms with E-state index in [2.05, 4.69) is 14.7 Å². The molecule has 0 radical (unpaired) electrons. The summed E-state index contributed by atoms with van der Waals surface area (Å²) in [5.41, 5.74) is 0. The number of hydrogen-bond acceptors (Lipinski definition) is 6. The van der Waals surface area contributed by atoms with Crippen LogP contribution in [0.4, 0.5) is 5.82 Å². The summed E-state index contributed by atoms with van der Waals surface area (Å²) in [4.78, 5) is 32.5. The molecule has 1 saturated heterocycles. The summed E-state index contributed by atoms with van der Waals surface area (Å²) < 4.78 is 9.60. The molecule has 1 aromatic rings. The summed E-state index contributed by atoms with van der Waals surface area (Å²) in [6, 6.07) is 1.55. The van der Waals surface area contributed by atoms with Gasteiger partial charge in [0.2, 0.25) is 11.8 Å². The molecule has 0 aromatic carbocycles. The predicted molar refractivity (Wildman–Crippen MR) is 61.1 cm³/mol. The molecule has 0 bridgehead atoms. The number of anilines is 1. The van der Waals surface area contributed by atoms with Crippen molar-refractivity contribution in [3.05, 3.63) is 12.4 Å². The standard InChI is InChI=1S/C11H13N3O4/c1-17-9-4-8(12-6-13-9)14-5-7(3-10(14)15)11(16)18-2/h4,6-7H,3,5H2,1-2H3.